The molecule has 0 aliphatic rings. The number of benzene rings is 2. The van der Waals surface area contributed by atoms with Crippen LogP contribution in [0, 0.1) is 0 Å². The molecule has 8 heteroatoms. The molecular weight excluding hydrogens is 410 g/mol. The minimum Gasteiger partial charge on any atom is -0.402 e. The van der Waals surface area contributed by atoms with Crippen LogP contribution in [0.5, 0.6) is 0 Å². The average molecular weight is 438 g/mol. The van der Waals surface area contributed by atoms with Crippen molar-refractivity contribution in [3.05, 3.63) is 71.9 Å². The number of amidine groups is 1. The minimum atomic E-state index is -3.96. The molecule has 7 nitrogen and oxygen atoms in total. The monoisotopic (exact) mass is 437 g/mol. The van der Waals surface area contributed by atoms with Crippen molar-refractivity contribution in [3.8, 4) is 0 Å². The summed E-state index contributed by atoms with van der Waals surface area (Å²) in [4.78, 5) is 4.40. The van der Waals surface area contributed by atoms with Gasteiger partial charge in [-0.15, -0.1) is 4.40 Å². The van der Waals surface area contributed by atoms with Crippen molar-refractivity contribution in [2.75, 3.05) is 11.1 Å². The van der Waals surface area contributed by atoms with Crippen molar-refractivity contribution < 1.29 is 8.42 Å². The maximum Gasteiger partial charge on any atom is 0.284 e. The number of hydrogen-bond acceptors (Lipinski definition) is 5. The zero-order valence-corrected chi connectivity index (χ0v) is 18.9. The Hall–Kier alpha value is -3.39. The van der Waals surface area contributed by atoms with Gasteiger partial charge < -0.3 is 16.8 Å². The molecule has 2 aromatic carbocycles. The van der Waals surface area contributed by atoms with Gasteiger partial charge in [0, 0.05) is 22.8 Å². The number of nitrogens with one attached hydrogen (secondary N) is 1. The number of hydrogen-bond donors (Lipinski definition) is 3. The van der Waals surface area contributed by atoms with E-state index in [9.17, 15) is 8.42 Å². The molecule has 0 radical (unpaired) electrons. The van der Waals surface area contributed by atoms with E-state index in [1.807, 2.05) is 12.1 Å². The number of allylic oxidation sites excluding steroid dienone is 1. The highest BCUT2D eigenvalue weighted by Crippen LogP contribution is 2.25. The van der Waals surface area contributed by atoms with Crippen LogP contribution < -0.4 is 16.8 Å². The summed E-state index contributed by atoms with van der Waals surface area (Å²) in [5.74, 6) is 0.502. The number of nitrogens with two attached hydrogens (primary N) is 2. The van der Waals surface area contributed by atoms with Gasteiger partial charge in [-0.2, -0.15) is 8.42 Å². The van der Waals surface area contributed by atoms with Crippen LogP contribution in [-0.2, 0) is 15.4 Å². The summed E-state index contributed by atoms with van der Waals surface area (Å²) in [6, 6.07) is 15.7. The fraction of sp³-hybridized carbons (Fsp3) is 0.217. The van der Waals surface area contributed by atoms with Gasteiger partial charge >= 0.3 is 0 Å². The van der Waals surface area contributed by atoms with E-state index >= 15 is 0 Å². The van der Waals surface area contributed by atoms with Gasteiger partial charge in [0.1, 0.15) is 11.7 Å². The molecule has 0 aliphatic heterocycles. The Kier molecular flexibility index (Phi) is 6.03. The summed E-state index contributed by atoms with van der Waals surface area (Å²) in [6.07, 6.45) is 1.48. The lowest BCUT2D eigenvalue weighted by Gasteiger charge is -2.18. The standard InChI is InChI=1S/C23H27N5O2S/c1-15(24)14-22(27-20-7-5-6-19-18(20)12-13-21(25)26-19)28-31(29,30)17-10-8-16(9-11-17)23(2,3)4/h5-14H,24H2,1-4H3,(H2,25,26)(H,27,28). The predicted molar refractivity (Wildman–Crippen MR) is 127 cm³/mol. The number of pyridine rings is 1. The first-order valence-electron chi connectivity index (χ1n) is 9.77. The van der Waals surface area contributed by atoms with E-state index in [2.05, 4.69) is 35.5 Å². The lowest BCUT2D eigenvalue weighted by molar-refractivity contribution is 0.586. The second-order valence-corrected chi connectivity index (χ2v) is 9.95. The van der Waals surface area contributed by atoms with Gasteiger partial charge in [0.25, 0.3) is 10.0 Å². The lowest BCUT2D eigenvalue weighted by atomic mass is 9.87. The maximum atomic E-state index is 13.0. The number of rotatable bonds is 4. The Morgan fingerprint density at radius 1 is 1.06 bits per heavy atom. The van der Waals surface area contributed by atoms with Crippen LogP contribution in [0.15, 0.2) is 75.7 Å². The zero-order chi connectivity index (χ0) is 22.8. The van der Waals surface area contributed by atoms with Gasteiger partial charge in [-0.3, -0.25) is 0 Å². The van der Waals surface area contributed by atoms with E-state index in [1.54, 1.807) is 49.4 Å². The van der Waals surface area contributed by atoms with Crippen molar-refractivity contribution in [2.45, 2.75) is 38.0 Å². The second-order valence-electron chi connectivity index (χ2n) is 8.35. The molecule has 31 heavy (non-hydrogen) atoms. The molecule has 162 valence electrons. The highest BCUT2D eigenvalue weighted by Gasteiger charge is 2.18. The van der Waals surface area contributed by atoms with E-state index in [4.69, 9.17) is 11.5 Å². The molecule has 0 fully saturated rings. The molecule has 0 spiro atoms. The number of fused-ring (bicyclic) bond motifs is 1. The molecule has 5 N–H and O–H groups in total. The zero-order valence-electron chi connectivity index (χ0n) is 18.0. The maximum absolute atomic E-state index is 13.0. The fourth-order valence-corrected chi connectivity index (χ4v) is 3.97. The summed E-state index contributed by atoms with van der Waals surface area (Å²) < 4.78 is 29.9. The molecule has 0 unspecified atom stereocenters. The number of anilines is 2. The molecule has 0 saturated heterocycles. The van der Waals surface area contributed by atoms with E-state index in [-0.39, 0.29) is 16.1 Å². The van der Waals surface area contributed by atoms with Crippen LogP contribution in [0.25, 0.3) is 10.9 Å². The van der Waals surface area contributed by atoms with Crippen molar-refractivity contribution >= 4 is 38.3 Å². The van der Waals surface area contributed by atoms with E-state index in [1.165, 1.54) is 6.08 Å². The summed E-state index contributed by atoms with van der Waals surface area (Å²) in [6.45, 7) is 7.86. The average Bonchev–Trinajstić information content (AvgIpc) is 2.66. The SMILES string of the molecule is CC(N)=CC(=NS(=O)(=O)c1ccc(C(C)(C)C)cc1)Nc1cccc2nc(N)ccc12. The molecule has 3 rings (SSSR count). The Balaban J connectivity index is 2.02. The van der Waals surface area contributed by atoms with Crippen molar-refractivity contribution in [1.29, 1.82) is 0 Å². The molecule has 1 aromatic heterocycles. The third-order valence-corrected chi connectivity index (χ3v) is 5.92. The first kappa shape index (κ1) is 22.3. The molecule has 0 saturated carbocycles. The van der Waals surface area contributed by atoms with Crippen LogP contribution in [0.4, 0.5) is 11.5 Å². The highest BCUT2D eigenvalue weighted by atomic mass is 32.2. The van der Waals surface area contributed by atoms with Crippen LogP contribution in [0.1, 0.15) is 33.3 Å². The van der Waals surface area contributed by atoms with Crippen molar-refractivity contribution in [1.82, 2.24) is 4.98 Å². The molecule has 0 aliphatic carbocycles. The third-order valence-electron chi connectivity index (χ3n) is 4.62. The molecule has 3 aromatic rings. The Labute approximate surface area is 183 Å². The van der Waals surface area contributed by atoms with Crippen LogP contribution in [-0.4, -0.2) is 19.2 Å². The van der Waals surface area contributed by atoms with E-state index in [0.717, 1.165) is 10.9 Å². The Morgan fingerprint density at radius 2 is 1.74 bits per heavy atom. The molecule has 1 heterocycles. The van der Waals surface area contributed by atoms with Crippen LogP contribution in [0.2, 0.25) is 0 Å². The quantitative estimate of drug-likeness (QED) is 0.416. The number of nitrogens with zero attached hydrogens (tertiary/aromatic N) is 2. The Bertz CT molecular complexity index is 1270. The summed E-state index contributed by atoms with van der Waals surface area (Å²) in [5.41, 5.74) is 14.3. The lowest BCUT2D eigenvalue weighted by Crippen LogP contribution is -2.15. The van der Waals surface area contributed by atoms with Gasteiger partial charge in [-0.05, 0) is 54.3 Å². The smallest absolute Gasteiger partial charge is 0.284 e. The van der Waals surface area contributed by atoms with Crippen LogP contribution >= 0.6 is 0 Å². The molecule has 0 bridgehead atoms. The van der Waals surface area contributed by atoms with Gasteiger partial charge in [0.2, 0.25) is 0 Å². The van der Waals surface area contributed by atoms with E-state index < -0.39 is 10.0 Å². The highest BCUT2D eigenvalue weighted by molar-refractivity contribution is 7.90. The minimum absolute atomic E-state index is 0.0799. The number of aromatic nitrogens is 1. The van der Waals surface area contributed by atoms with Gasteiger partial charge in [-0.25, -0.2) is 4.98 Å². The summed E-state index contributed by atoms with van der Waals surface area (Å²) >= 11 is 0. The molecule has 0 amide bonds. The fourth-order valence-electron chi connectivity index (χ4n) is 3.03. The topological polar surface area (TPSA) is 123 Å². The van der Waals surface area contributed by atoms with Crippen molar-refractivity contribution in [2.24, 2.45) is 10.1 Å². The Morgan fingerprint density at radius 3 is 2.35 bits per heavy atom. The van der Waals surface area contributed by atoms with E-state index in [0.29, 0.717) is 22.7 Å². The third kappa shape index (κ3) is 5.40. The first-order chi connectivity index (χ1) is 14.5. The number of sulfonamides is 1. The summed E-state index contributed by atoms with van der Waals surface area (Å²) in [7, 11) is -3.96. The van der Waals surface area contributed by atoms with Crippen LogP contribution in [0.3, 0.4) is 0 Å². The van der Waals surface area contributed by atoms with Gasteiger partial charge in [0.15, 0.2) is 0 Å². The second kappa shape index (κ2) is 8.39. The normalized spacial score (nSPS) is 13.4. The summed E-state index contributed by atoms with van der Waals surface area (Å²) in [5, 5.41) is 3.85. The molecular formula is C23H27N5O2S. The van der Waals surface area contributed by atoms with Crippen molar-refractivity contribution in [3.63, 3.8) is 0 Å². The molecule has 0 atom stereocenters. The van der Waals surface area contributed by atoms with Gasteiger partial charge in [-0.1, -0.05) is 39.0 Å². The largest absolute Gasteiger partial charge is 0.402 e. The van der Waals surface area contributed by atoms with Gasteiger partial charge in [0.05, 0.1) is 10.4 Å². The predicted octanol–water partition coefficient (Wildman–Crippen LogP) is 4.18. The first-order valence-corrected chi connectivity index (χ1v) is 11.2. The number of nitrogen functional groups attached to an aromatic ring is 1.